The first-order valence-electron chi connectivity index (χ1n) is 9.06. The van der Waals surface area contributed by atoms with Crippen LogP contribution in [0.15, 0.2) is 40.9 Å². The molecule has 1 saturated heterocycles. The molecule has 1 fully saturated rings. The molecule has 1 aliphatic rings. The second-order valence-corrected chi connectivity index (χ2v) is 7.18. The van der Waals surface area contributed by atoms with E-state index in [1.54, 1.807) is 0 Å². The van der Waals surface area contributed by atoms with Crippen molar-refractivity contribution in [3.8, 4) is 0 Å². The highest BCUT2D eigenvalue weighted by atomic mass is 16.5. The predicted molar refractivity (Wildman–Crippen MR) is 96.9 cm³/mol. The minimum atomic E-state index is 0.753. The Labute approximate surface area is 145 Å². The van der Waals surface area contributed by atoms with Crippen molar-refractivity contribution in [3.05, 3.63) is 53.4 Å². The molecule has 2 heterocycles. The highest BCUT2D eigenvalue weighted by molar-refractivity contribution is 5.15. The van der Waals surface area contributed by atoms with Crippen molar-refractivity contribution in [1.29, 1.82) is 0 Å². The van der Waals surface area contributed by atoms with Gasteiger partial charge in [-0.3, -0.25) is 4.90 Å². The van der Waals surface area contributed by atoms with Gasteiger partial charge in [0.25, 0.3) is 0 Å². The molecule has 0 amide bonds. The summed E-state index contributed by atoms with van der Waals surface area (Å²) in [4.78, 5) is 5.00. The van der Waals surface area contributed by atoms with E-state index < -0.39 is 0 Å². The quantitative estimate of drug-likeness (QED) is 0.780. The van der Waals surface area contributed by atoms with Gasteiger partial charge in [0, 0.05) is 25.7 Å². The smallest absolute Gasteiger partial charge is 0.150 e. The number of hydrogen-bond donors (Lipinski definition) is 0. The van der Waals surface area contributed by atoms with Crippen molar-refractivity contribution in [1.82, 2.24) is 15.0 Å². The molecule has 24 heavy (non-hydrogen) atoms. The van der Waals surface area contributed by atoms with E-state index in [-0.39, 0.29) is 0 Å². The van der Waals surface area contributed by atoms with Crippen molar-refractivity contribution < 1.29 is 4.52 Å². The van der Waals surface area contributed by atoms with Crippen LogP contribution in [0.5, 0.6) is 0 Å². The molecule has 3 rings (SSSR count). The van der Waals surface area contributed by atoms with Gasteiger partial charge in [0.15, 0.2) is 5.76 Å². The molecule has 0 spiro atoms. The molecule has 0 radical (unpaired) electrons. The Balaban J connectivity index is 1.61. The summed E-state index contributed by atoms with van der Waals surface area (Å²) in [6.45, 7) is 7.48. The third-order valence-corrected chi connectivity index (χ3v) is 4.85. The zero-order chi connectivity index (χ0) is 16.8. The van der Waals surface area contributed by atoms with E-state index in [0.717, 1.165) is 43.4 Å². The maximum Gasteiger partial charge on any atom is 0.150 e. The second-order valence-electron chi connectivity index (χ2n) is 7.18. The summed E-state index contributed by atoms with van der Waals surface area (Å²) < 4.78 is 5.46. The molecule has 2 aromatic rings. The lowest BCUT2D eigenvalue weighted by molar-refractivity contribution is 0.140. The van der Waals surface area contributed by atoms with Crippen LogP contribution in [0.3, 0.4) is 0 Å². The number of hydrogen-bond acceptors (Lipinski definition) is 4. The van der Waals surface area contributed by atoms with Crippen molar-refractivity contribution in [2.24, 2.45) is 5.92 Å². The van der Waals surface area contributed by atoms with Crippen LogP contribution in [0.25, 0.3) is 0 Å². The fourth-order valence-corrected chi connectivity index (χ4v) is 3.67. The largest absolute Gasteiger partial charge is 0.360 e. The second kappa shape index (κ2) is 8.45. The number of nitrogens with zero attached hydrogens (tertiary/aromatic N) is 3. The fourth-order valence-electron chi connectivity index (χ4n) is 3.67. The average Bonchev–Trinajstić information content (AvgIpc) is 2.99. The highest BCUT2D eigenvalue weighted by Gasteiger charge is 2.21. The average molecular weight is 327 g/mol. The van der Waals surface area contributed by atoms with Gasteiger partial charge in [-0.2, -0.15) is 0 Å². The first-order chi connectivity index (χ1) is 11.7. The van der Waals surface area contributed by atoms with Crippen molar-refractivity contribution in [3.63, 3.8) is 0 Å². The van der Waals surface area contributed by atoms with Gasteiger partial charge in [-0.25, -0.2) is 0 Å². The lowest BCUT2D eigenvalue weighted by Crippen LogP contribution is -2.39. The van der Waals surface area contributed by atoms with Gasteiger partial charge in [0.05, 0.1) is 12.2 Å². The van der Waals surface area contributed by atoms with Gasteiger partial charge in [-0.1, -0.05) is 35.5 Å². The van der Waals surface area contributed by atoms with Gasteiger partial charge in [0.2, 0.25) is 0 Å². The maximum absolute atomic E-state index is 5.46. The summed E-state index contributed by atoms with van der Waals surface area (Å²) in [5.41, 5.74) is 2.36. The lowest BCUT2D eigenvalue weighted by Gasteiger charge is -2.33. The van der Waals surface area contributed by atoms with Crippen LogP contribution in [-0.2, 0) is 13.0 Å². The molecule has 4 heteroatoms. The number of benzene rings is 1. The molecular weight excluding hydrogens is 298 g/mol. The Morgan fingerprint density at radius 2 is 2.12 bits per heavy atom. The Morgan fingerprint density at radius 1 is 1.29 bits per heavy atom. The Kier molecular flexibility index (Phi) is 6.05. The molecule has 1 unspecified atom stereocenters. The molecule has 0 N–H and O–H groups in total. The fraction of sp³-hybridized carbons (Fsp3) is 0.550. The molecule has 1 aliphatic heterocycles. The van der Waals surface area contributed by atoms with Gasteiger partial charge < -0.3 is 9.42 Å². The molecule has 0 saturated carbocycles. The molecular formula is C20H29N3O. The Hall–Kier alpha value is -1.65. The van der Waals surface area contributed by atoms with Gasteiger partial charge in [-0.15, -0.1) is 0 Å². The minimum Gasteiger partial charge on any atom is -0.360 e. The first kappa shape index (κ1) is 17.2. The van der Waals surface area contributed by atoms with E-state index in [1.165, 1.54) is 31.5 Å². The standard InChI is InChI=1S/C20H29N3O/c1-17-13-20(24-21-17)16-23(12-10-18-7-4-3-5-8-18)15-19-9-6-11-22(2)14-19/h3-5,7-8,13,19H,6,9-12,14-16H2,1-2H3. The Bertz CT molecular complexity index is 610. The van der Waals surface area contributed by atoms with E-state index in [9.17, 15) is 0 Å². The van der Waals surface area contributed by atoms with E-state index in [0.29, 0.717) is 0 Å². The summed E-state index contributed by atoms with van der Waals surface area (Å²) in [5.74, 6) is 1.73. The number of aryl methyl sites for hydroxylation is 1. The molecule has 1 aromatic carbocycles. The Morgan fingerprint density at radius 3 is 2.83 bits per heavy atom. The summed E-state index contributed by atoms with van der Waals surface area (Å²) >= 11 is 0. The van der Waals surface area contributed by atoms with E-state index in [2.05, 4.69) is 58.4 Å². The molecule has 130 valence electrons. The third kappa shape index (κ3) is 5.18. The summed E-state index contributed by atoms with van der Waals surface area (Å²) in [6.07, 6.45) is 3.73. The van der Waals surface area contributed by atoms with Gasteiger partial charge in [-0.05, 0) is 51.3 Å². The van der Waals surface area contributed by atoms with Gasteiger partial charge >= 0.3 is 0 Å². The van der Waals surface area contributed by atoms with E-state index in [1.807, 2.05) is 6.92 Å². The number of piperidine rings is 1. The monoisotopic (exact) mass is 327 g/mol. The lowest BCUT2D eigenvalue weighted by atomic mass is 9.97. The highest BCUT2D eigenvalue weighted by Crippen LogP contribution is 2.18. The van der Waals surface area contributed by atoms with Crippen LogP contribution in [0.1, 0.15) is 29.9 Å². The van der Waals surface area contributed by atoms with Crippen LogP contribution in [0.2, 0.25) is 0 Å². The molecule has 1 atom stereocenters. The zero-order valence-corrected chi connectivity index (χ0v) is 14.9. The first-order valence-corrected chi connectivity index (χ1v) is 9.06. The SMILES string of the molecule is Cc1cc(CN(CCc2ccccc2)CC2CCCN(C)C2)on1. The van der Waals surface area contributed by atoms with Crippen molar-refractivity contribution >= 4 is 0 Å². The maximum atomic E-state index is 5.46. The normalized spacial score (nSPS) is 19.0. The minimum absolute atomic E-state index is 0.753. The molecule has 0 bridgehead atoms. The molecule has 1 aromatic heterocycles. The number of aromatic nitrogens is 1. The van der Waals surface area contributed by atoms with Crippen LogP contribution in [-0.4, -0.2) is 48.2 Å². The topological polar surface area (TPSA) is 32.5 Å². The summed E-state index contributed by atoms with van der Waals surface area (Å²) in [6, 6.07) is 12.8. The predicted octanol–water partition coefficient (Wildman–Crippen LogP) is 3.37. The van der Waals surface area contributed by atoms with Crippen molar-refractivity contribution in [2.75, 3.05) is 33.2 Å². The van der Waals surface area contributed by atoms with Crippen molar-refractivity contribution in [2.45, 2.75) is 32.7 Å². The zero-order valence-electron chi connectivity index (χ0n) is 14.9. The van der Waals surface area contributed by atoms with E-state index >= 15 is 0 Å². The van der Waals surface area contributed by atoms with Crippen LogP contribution < -0.4 is 0 Å². The number of rotatable bonds is 7. The van der Waals surface area contributed by atoms with Crippen LogP contribution in [0, 0.1) is 12.8 Å². The third-order valence-electron chi connectivity index (χ3n) is 4.85. The number of likely N-dealkylation sites (tertiary alicyclic amines) is 1. The van der Waals surface area contributed by atoms with Crippen LogP contribution >= 0.6 is 0 Å². The van der Waals surface area contributed by atoms with Crippen LogP contribution in [0.4, 0.5) is 0 Å². The van der Waals surface area contributed by atoms with E-state index in [4.69, 9.17) is 4.52 Å². The summed E-state index contributed by atoms with van der Waals surface area (Å²) in [5, 5.41) is 4.04. The molecule has 0 aliphatic carbocycles. The van der Waals surface area contributed by atoms with Gasteiger partial charge in [0.1, 0.15) is 0 Å². The molecule has 4 nitrogen and oxygen atoms in total. The summed E-state index contributed by atoms with van der Waals surface area (Å²) in [7, 11) is 2.24.